The van der Waals surface area contributed by atoms with Gasteiger partial charge < -0.3 is 4.74 Å². The zero-order valence-electron chi connectivity index (χ0n) is 8.96. The summed E-state index contributed by atoms with van der Waals surface area (Å²) in [6, 6.07) is 8.26. The van der Waals surface area contributed by atoms with Gasteiger partial charge >= 0.3 is 0 Å². The molecule has 0 N–H and O–H groups in total. The van der Waals surface area contributed by atoms with Crippen molar-refractivity contribution in [3.8, 4) is 5.75 Å². The van der Waals surface area contributed by atoms with E-state index < -0.39 is 0 Å². The van der Waals surface area contributed by atoms with Gasteiger partial charge in [-0.15, -0.1) is 0 Å². The first-order valence-electron chi connectivity index (χ1n) is 4.90. The molecule has 1 aromatic rings. The van der Waals surface area contributed by atoms with Crippen LogP contribution < -0.4 is 4.74 Å². The Hall–Kier alpha value is -0.500. The molecule has 14 heavy (non-hydrogen) atoms. The summed E-state index contributed by atoms with van der Waals surface area (Å²) in [6.07, 6.45) is 1.07. The van der Waals surface area contributed by atoms with E-state index in [1.807, 2.05) is 12.1 Å². The quantitative estimate of drug-likeness (QED) is 0.748. The molecule has 78 valence electrons. The number of hydrogen-bond donors (Lipinski definition) is 0. The number of halogens is 1. The predicted octanol–water partition coefficient (Wildman–Crippen LogP) is 3.66. The van der Waals surface area contributed by atoms with Crippen LogP contribution in [0.25, 0.3) is 0 Å². The zero-order chi connectivity index (χ0) is 10.6. The SMILES string of the molecule is COc1ccc(CC(Br)C(C)C)cc1. The molecule has 0 aliphatic carbocycles. The van der Waals surface area contributed by atoms with Gasteiger partial charge in [0.25, 0.3) is 0 Å². The first kappa shape index (κ1) is 11.6. The largest absolute Gasteiger partial charge is 0.497 e. The van der Waals surface area contributed by atoms with Crippen LogP contribution in [0.2, 0.25) is 0 Å². The summed E-state index contributed by atoms with van der Waals surface area (Å²) in [5.41, 5.74) is 1.35. The average molecular weight is 257 g/mol. The summed E-state index contributed by atoms with van der Waals surface area (Å²) < 4.78 is 5.11. The van der Waals surface area contributed by atoms with Crippen LogP contribution in [0.15, 0.2) is 24.3 Å². The molecule has 0 spiro atoms. The van der Waals surface area contributed by atoms with E-state index in [0.29, 0.717) is 10.7 Å². The van der Waals surface area contributed by atoms with E-state index in [9.17, 15) is 0 Å². The van der Waals surface area contributed by atoms with E-state index in [1.54, 1.807) is 7.11 Å². The van der Waals surface area contributed by atoms with Gasteiger partial charge in [-0.05, 0) is 30.0 Å². The lowest BCUT2D eigenvalue weighted by atomic mass is 10.0. The maximum absolute atomic E-state index is 5.11. The summed E-state index contributed by atoms with van der Waals surface area (Å²) in [6.45, 7) is 4.45. The number of alkyl halides is 1. The molecule has 1 nitrogen and oxygen atoms in total. The van der Waals surface area contributed by atoms with Gasteiger partial charge in [-0.25, -0.2) is 0 Å². The molecule has 1 atom stereocenters. The summed E-state index contributed by atoms with van der Waals surface area (Å²) in [5.74, 6) is 1.58. The molecule has 1 rings (SSSR count). The van der Waals surface area contributed by atoms with Gasteiger partial charge in [0.2, 0.25) is 0 Å². The number of rotatable bonds is 4. The van der Waals surface area contributed by atoms with Crippen molar-refractivity contribution >= 4 is 15.9 Å². The fraction of sp³-hybridized carbons (Fsp3) is 0.500. The molecule has 0 bridgehead atoms. The number of hydrogen-bond acceptors (Lipinski definition) is 1. The van der Waals surface area contributed by atoms with Crippen molar-refractivity contribution < 1.29 is 4.74 Å². The van der Waals surface area contributed by atoms with E-state index in [4.69, 9.17) is 4.74 Å². The summed E-state index contributed by atoms with van der Waals surface area (Å²) >= 11 is 3.68. The normalized spacial score (nSPS) is 12.9. The molecule has 1 unspecified atom stereocenters. The summed E-state index contributed by atoms with van der Waals surface area (Å²) in [7, 11) is 1.69. The Kier molecular flexibility index (Phi) is 4.46. The van der Waals surface area contributed by atoms with E-state index in [-0.39, 0.29) is 0 Å². The number of benzene rings is 1. The second-order valence-corrected chi connectivity index (χ2v) is 4.99. The third-order valence-electron chi connectivity index (χ3n) is 2.31. The highest BCUT2D eigenvalue weighted by atomic mass is 79.9. The Bertz CT molecular complexity index is 266. The fourth-order valence-electron chi connectivity index (χ4n) is 1.22. The molecule has 0 radical (unpaired) electrons. The van der Waals surface area contributed by atoms with Crippen LogP contribution in [0.4, 0.5) is 0 Å². The van der Waals surface area contributed by atoms with Gasteiger partial charge in [0.05, 0.1) is 7.11 Å². The van der Waals surface area contributed by atoms with Crippen LogP contribution in [-0.2, 0) is 6.42 Å². The summed E-state index contributed by atoms with van der Waals surface area (Å²) in [4.78, 5) is 0.552. The molecule has 0 amide bonds. The average Bonchev–Trinajstić information content (AvgIpc) is 2.19. The Morgan fingerprint density at radius 1 is 1.21 bits per heavy atom. The molecule has 0 heterocycles. The highest BCUT2D eigenvalue weighted by molar-refractivity contribution is 9.09. The zero-order valence-corrected chi connectivity index (χ0v) is 10.5. The Labute approximate surface area is 94.6 Å². The van der Waals surface area contributed by atoms with Crippen molar-refractivity contribution in [2.45, 2.75) is 25.1 Å². The molecule has 2 heteroatoms. The van der Waals surface area contributed by atoms with Crippen molar-refractivity contribution in [3.05, 3.63) is 29.8 Å². The molecular weight excluding hydrogens is 240 g/mol. The first-order valence-corrected chi connectivity index (χ1v) is 5.82. The number of methoxy groups -OCH3 is 1. The van der Waals surface area contributed by atoms with Crippen LogP contribution in [0.3, 0.4) is 0 Å². The highest BCUT2D eigenvalue weighted by Crippen LogP contribution is 2.19. The van der Waals surface area contributed by atoms with Gasteiger partial charge in [-0.1, -0.05) is 41.9 Å². The van der Waals surface area contributed by atoms with Crippen LogP contribution in [-0.4, -0.2) is 11.9 Å². The van der Waals surface area contributed by atoms with Crippen LogP contribution >= 0.6 is 15.9 Å². The van der Waals surface area contributed by atoms with Gasteiger partial charge in [-0.2, -0.15) is 0 Å². The van der Waals surface area contributed by atoms with Crippen LogP contribution in [0, 0.1) is 5.92 Å². The van der Waals surface area contributed by atoms with Crippen molar-refractivity contribution in [1.82, 2.24) is 0 Å². The molecule has 0 saturated heterocycles. The second-order valence-electron chi connectivity index (χ2n) is 3.81. The minimum Gasteiger partial charge on any atom is -0.497 e. The van der Waals surface area contributed by atoms with E-state index in [1.165, 1.54) is 5.56 Å². The van der Waals surface area contributed by atoms with E-state index in [0.717, 1.165) is 12.2 Å². The Morgan fingerprint density at radius 3 is 2.21 bits per heavy atom. The molecule has 1 aromatic carbocycles. The third kappa shape index (κ3) is 3.33. The topological polar surface area (TPSA) is 9.23 Å². The lowest BCUT2D eigenvalue weighted by molar-refractivity contribution is 0.414. The lowest BCUT2D eigenvalue weighted by Crippen LogP contribution is -2.10. The molecular formula is C12H17BrO. The first-order chi connectivity index (χ1) is 6.63. The monoisotopic (exact) mass is 256 g/mol. The molecule has 0 fully saturated rings. The van der Waals surface area contributed by atoms with Crippen molar-refractivity contribution in [2.75, 3.05) is 7.11 Å². The van der Waals surface area contributed by atoms with E-state index in [2.05, 4.69) is 41.9 Å². The Balaban J connectivity index is 2.59. The van der Waals surface area contributed by atoms with Crippen LogP contribution in [0.1, 0.15) is 19.4 Å². The molecule has 0 aromatic heterocycles. The van der Waals surface area contributed by atoms with Gasteiger partial charge in [0.1, 0.15) is 5.75 Å². The lowest BCUT2D eigenvalue weighted by Gasteiger charge is -2.13. The minimum absolute atomic E-state index is 0.552. The second kappa shape index (κ2) is 5.40. The van der Waals surface area contributed by atoms with Gasteiger partial charge in [0.15, 0.2) is 0 Å². The Morgan fingerprint density at radius 2 is 1.79 bits per heavy atom. The third-order valence-corrected chi connectivity index (χ3v) is 3.69. The maximum atomic E-state index is 5.11. The van der Waals surface area contributed by atoms with Gasteiger partial charge in [-0.3, -0.25) is 0 Å². The predicted molar refractivity (Wildman–Crippen MR) is 64.3 cm³/mol. The summed E-state index contributed by atoms with van der Waals surface area (Å²) in [5, 5.41) is 0. The molecule has 0 saturated carbocycles. The fourth-order valence-corrected chi connectivity index (χ4v) is 1.60. The van der Waals surface area contributed by atoms with Crippen LogP contribution in [0.5, 0.6) is 5.75 Å². The van der Waals surface area contributed by atoms with Crippen molar-refractivity contribution in [3.63, 3.8) is 0 Å². The maximum Gasteiger partial charge on any atom is 0.118 e. The smallest absolute Gasteiger partial charge is 0.118 e. The van der Waals surface area contributed by atoms with E-state index >= 15 is 0 Å². The highest BCUT2D eigenvalue weighted by Gasteiger charge is 2.09. The van der Waals surface area contributed by atoms with Gasteiger partial charge in [0, 0.05) is 4.83 Å². The minimum atomic E-state index is 0.552. The standard InChI is InChI=1S/C12H17BrO/c1-9(2)12(13)8-10-4-6-11(14-3)7-5-10/h4-7,9,12H,8H2,1-3H3. The number of ether oxygens (including phenoxy) is 1. The van der Waals surface area contributed by atoms with Crippen molar-refractivity contribution in [2.24, 2.45) is 5.92 Å². The molecule has 0 aliphatic heterocycles. The van der Waals surface area contributed by atoms with Crippen molar-refractivity contribution in [1.29, 1.82) is 0 Å². The molecule has 0 aliphatic rings.